The monoisotopic (exact) mass is 466 g/mol. The average Bonchev–Trinajstić information content (AvgIpc) is 3.25. The molecule has 0 aliphatic carbocycles. The van der Waals surface area contributed by atoms with Crippen molar-refractivity contribution in [1.82, 2.24) is 25.0 Å². The maximum Gasteiger partial charge on any atom is 0.322 e. The highest BCUT2D eigenvalue weighted by molar-refractivity contribution is 6.00. The Labute approximate surface area is 205 Å². The van der Waals surface area contributed by atoms with Crippen molar-refractivity contribution in [3.63, 3.8) is 0 Å². The number of rotatable bonds is 4. The average molecular weight is 467 g/mol. The van der Waals surface area contributed by atoms with Crippen LogP contribution in [0.15, 0.2) is 54.6 Å². The molecule has 178 valence electrons. The lowest BCUT2D eigenvalue weighted by Gasteiger charge is -2.41. The van der Waals surface area contributed by atoms with Gasteiger partial charge in [-0.15, -0.1) is 0 Å². The smallest absolute Gasteiger partial charge is 0.316 e. The number of pyridine rings is 1. The summed E-state index contributed by atoms with van der Waals surface area (Å²) in [5, 5.41) is 12.0. The molecule has 0 spiro atoms. The van der Waals surface area contributed by atoms with Crippen LogP contribution in [0.2, 0.25) is 0 Å². The molecular formula is C28H30N6O. The van der Waals surface area contributed by atoms with Crippen LogP contribution in [0.25, 0.3) is 22.2 Å². The number of urea groups is 1. The molecule has 2 N–H and O–H groups in total. The van der Waals surface area contributed by atoms with Gasteiger partial charge >= 0.3 is 6.03 Å². The summed E-state index contributed by atoms with van der Waals surface area (Å²) in [6, 6.07) is 19.1. The Hall–Kier alpha value is -3.71. The molecule has 1 atom stereocenters. The first-order valence-corrected chi connectivity index (χ1v) is 12.3. The molecule has 2 aromatic carbocycles. The van der Waals surface area contributed by atoms with Crippen molar-refractivity contribution in [3.8, 4) is 11.3 Å². The Bertz CT molecular complexity index is 1380. The Morgan fingerprint density at radius 3 is 2.66 bits per heavy atom. The third-order valence-corrected chi connectivity index (χ3v) is 7.16. The lowest BCUT2D eigenvalue weighted by Crippen LogP contribution is -2.52. The van der Waals surface area contributed by atoms with Crippen molar-refractivity contribution in [2.24, 2.45) is 0 Å². The molecule has 6 rings (SSSR count). The summed E-state index contributed by atoms with van der Waals surface area (Å²) in [7, 11) is 0. The topological polar surface area (TPSA) is 77.2 Å². The molecular weight excluding hydrogens is 436 g/mol. The summed E-state index contributed by atoms with van der Waals surface area (Å²) in [5.41, 5.74) is 8.17. The largest absolute Gasteiger partial charge is 0.322 e. The maximum atomic E-state index is 13.1. The first kappa shape index (κ1) is 21.8. The molecule has 2 aromatic heterocycles. The number of nitrogens with zero attached hydrogens (tertiary/aromatic N) is 4. The minimum absolute atomic E-state index is 0.0106. The van der Waals surface area contributed by atoms with E-state index in [2.05, 4.69) is 73.9 Å². The lowest BCUT2D eigenvalue weighted by atomic mass is 9.99. The molecule has 0 unspecified atom stereocenters. The first-order chi connectivity index (χ1) is 17.0. The fraction of sp³-hybridized carbons (Fsp3) is 0.321. The molecule has 4 aromatic rings. The van der Waals surface area contributed by atoms with Crippen LogP contribution in [0.3, 0.4) is 0 Å². The summed E-state index contributed by atoms with van der Waals surface area (Å²) >= 11 is 0. The van der Waals surface area contributed by atoms with Crippen molar-refractivity contribution in [2.75, 3.05) is 18.4 Å². The highest BCUT2D eigenvalue weighted by Gasteiger charge is 2.32. The number of piperidine rings is 1. The number of hydrogen-bond donors (Lipinski definition) is 2. The molecule has 35 heavy (non-hydrogen) atoms. The van der Waals surface area contributed by atoms with Crippen molar-refractivity contribution >= 4 is 22.6 Å². The predicted molar refractivity (Wildman–Crippen MR) is 138 cm³/mol. The summed E-state index contributed by atoms with van der Waals surface area (Å²) in [5.74, 6) is 0. The number of amides is 2. The molecule has 7 nitrogen and oxygen atoms in total. The molecule has 0 bridgehead atoms. The standard InChI is InChI=1S/C28H30N6O/c1-18-11-21(12-19(2)29-18)27-24-13-22-16-34(28(35)30-25(22)14-26(24)31-32-27)23-9-6-10-33(17-23)15-20-7-4-3-5-8-20/h3-5,7-8,11-14,23H,6,9-10,15-17H2,1-2H3,(H,30,35)(H,31,32)/t23-/m0/s1. The normalized spacial score (nSPS) is 18.5. The van der Waals surface area contributed by atoms with Crippen LogP contribution in [0, 0.1) is 13.8 Å². The van der Waals surface area contributed by atoms with Gasteiger partial charge in [-0.3, -0.25) is 15.0 Å². The third kappa shape index (κ3) is 4.28. The van der Waals surface area contributed by atoms with Gasteiger partial charge < -0.3 is 10.2 Å². The van der Waals surface area contributed by atoms with Gasteiger partial charge in [0, 0.05) is 53.7 Å². The fourth-order valence-electron chi connectivity index (χ4n) is 5.56. The molecule has 4 heterocycles. The lowest BCUT2D eigenvalue weighted by molar-refractivity contribution is 0.108. The zero-order valence-corrected chi connectivity index (χ0v) is 20.2. The van der Waals surface area contributed by atoms with Gasteiger partial charge in [-0.05, 0) is 68.6 Å². The molecule has 1 saturated heterocycles. The van der Waals surface area contributed by atoms with E-state index in [1.54, 1.807) is 0 Å². The number of benzene rings is 2. The molecule has 2 aliphatic rings. The fourth-order valence-corrected chi connectivity index (χ4v) is 5.56. The number of fused-ring (bicyclic) bond motifs is 2. The van der Waals surface area contributed by atoms with Crippen molar-refractivity contribution < 1.29 is 4.79 Å². The summed E-state index contributed by atoms with van der Waals surface area (Å²) in [6.07, 6.45) is 2.13. The second-order valence-corrected chi connectivity index (χ2v) is 9.84. The first-order valence-electron chi connectivity index (χ1n) is 12.3. The van der Waals surface area contributed by atoms with E-state index in [1.807, 2.05) is 24.8 Å². The van der Waals surface area contributed by atoms with Gasteiger partial charge in [0.25, 0.3) is 0 Å². The molecule has 2 amide bonds. The molecule has 0 radical (unpaired) electrons. The number of nitrogens with one attached hydrogen (secondary N) is 2. The summed E-state index contributed by atoms with van der Waals surface area (Å²) in [6.45, 7) is 7.51. The third-order valence-electron chi connectivity index (χ3n) is 7.16. The van der Waals surface area contributed by atoms with Gasteiger partial charge in [0.05, 0.1) is 5.52 Å². The predicted octanol–water partition coefficient (Wildman–Crippen LogP) is 5.25. The molecule has 1 fully saturated rings. The Balaban J connectivity index is 1.27. The van der Waals surface area contributed by atoms with E-state index >= 15 is 0 Å². The van der Waals surface area contributed by atoms with Crippen LogP contribution in [0.5, 0.6) is 0 Å². The van der Waals surface area contributed by atoms with Gasteiger partial charge in [-0.25, -0.2) is 4.79 Å². The van der Waals surface area contributed by atoms with Gasteiger partial charge in [0.1, 0.15) is 5.69 Å². The molecule has 2 aliphatic heterocycles. The van der Waals surface area contributed by atoms with Gasteiger partial charge in [-0.1, -0.05) is 30.3 Å². The number of H-pyrrole nitrogens is 1. The number of aromatic amines is 1. The van der Waals surface area contributed by atoms with Gasteiger partial charge in [0.2, 0.25) is 0 Å². The quantitative estimate of drug-likeness (QED) is 0.430. The second kappa shape index (κ2) is 8.82. The summed E-state index contributed by atoms with van der Waals surface area (Å²) in [4.78, 5) is 22.1. The van der Waals surface area contributed by atoms with Gasteiger partial charge in [0.15, 0.2) is 0 Å². The number of carbonyl (C=O) groups is 1. The van der Waals surface area contributed by atoms with E-state index in [4.69, 9.17) is 0 Å². The summed E-state index contributed by atoms with van der Waals surface area (Å²) < 4.78 is 0. The highest BCUT2D eigenvalue weighted by Crippen LogP contribution is 2.34. The zero-order chi connectivity index (χ0) is 23.9. The highest BCUT2D eigenvalue weighted by atomic mass is 16.2. The maximum absolute atomic E-state index is 13.1. The SMILES string of the molecule is Cc1cc(-c2n[nH]c3cc4c(cc23)CN([C@H]2CCCN(Cc3ccccc3)C2)C(=O)N4)cc(C)n1. The van der Waals surface area contributed by atoms with Crippen LogP contribution in [0.4, 0.5) is 10.5 Å². The van der Waals surface area contributed by atoms with Crippen LogP contribution >= 0.6 is 0 Å². The minimum atomic E-state index is -0.0106. The van der Waals surface area contributed by atoms with E-state index < -0.39 is 0 Å². The van der Waals surface area contributed by atoms with Crippen molar-refractivity contribution in [3.05, 3.63) is 77.1 Å². The van der Waals surface area contributed by atoms with Crippen molar-refractivity contribution in [2.45, 2.75) is 45.8 Å². The van der Waals surface area contributed by atoms with E-state index in [1.165, 1.54) is 5.56 Å². The van der Waals surface area contributed by atoms with Crippen LogP contribution in [-0.4, -0.2) is 50.1 Å². The van der Waals surface area contributed by atoms with Gasteiger partial charge in [-0.2, -0.15) is 5.10 Å². The van der Waals surface area contributed by atoms with E-state index in [0.717, 1.165) is 77.3 Å². The van der Waals surface area contributed by atoms with Crippen LogP contribution in [-0.2, 0) is 13.1 Å². The number of carbonyl (C=O) groups excluding carboxylic acids is 1. The van der Waals surface area contributed by atoms with Crippen LogP contribution in [0.1, 0.15) is 35.4 Å². The number of likely N-dealkylation sites (tertiary alicyclic amines) is 1. The van der Waals surface area contributed by atoms with E-state index in [9.17, 15) is 4.79 Å². The Morgan fingerprint density at radius 2 is 1.86 bits per heavy atom. The van der Waals surface area contributed by atoms with Crippen molar-refractivity contribution in [1.29, 1.82) is 0 Å². The number of anilines is 1. The number of aromatic nitrogens is 3. The second-order valence-electron chi connectivity index (χ2n) is 9.84. The molecule has 7 heteroatoms. The number of hydrogen-bond acceptors (Lipinski definition) is 4. The van der Waals surface area contributed by atoms with E-state index in [-0.39, 0.29) is 12.1 Å². The zero-order valence-electron chi connectivity index (χ0n) is 20.2. The number of aryl methyl sites for hydroxylation is 2. The van der Waals surface area contributed by atoms with Crippen LogP contribution < -0.4 is 5.32 Å². The minimum Gasteiger partial charge on any atom is -0.316 e. The Kier molecular flexibility index (Phi) is 5.49. The molecule has 0 saturated carbocycles. The van der Waals surface area contributed by atoms with E-state index in [0.29, 0.717) is 6.54 Å². The Morgan fingerprint density at radius 1 is 1.06 bits per heavy atom.